The summed E-state index contributed by atoms with van der Waals surface area (Å²) < 4.78 is 0. The van der Waals surface area contributed by atoms with Gasteiger partial charge < -0.3 is 4.98 Å². The van der Waals surface area contributed by atoms with E-state index < -0.39 is 0 Å². The molecule has 22 heavy (non-hydrogen) atoms. The summed E-state index contributed by atoms with van der Waals surface area (Å²) in [5.41, 5.74) is 3.90. The molecule has 1 N–H and O–H groups in total. The molecule has 0 saturated carbocycles. The highest BCUT2D eigenvalue weighted by Crippen LogP contribution is 2.31. The molecule has 1 aromatic heterocycles. The number of H-pyrrole nitrogens is 1. The molecule has 0 bridgehead atoms. The topological polar surface area (TPSA) is 15.8 Å². The minimum absolute atomic E-state index is 0.778. The third kappa shape index (κ3) is 3.01. The van der Waals surface area contributed by atoms with E-state index in [2.05, 4.69) is 49.2 Å². The molecule has 116 valence electrons. The normalized spacial score (nSPS) is 13.0. The predicted octanol–water partition coefficient (Wildman–Crippen LogP) is 6.73. The lowest BCUT2D eigenvalue weighted by Gasteiger charge is -2.15. The molecule has 0 fully saturated rings. The number of unbranched alkanes of at least 4 members (excludes halogenated alkanes) is 1. The molecule has 2 heteroatoms. The van der Waals surface area contributed by atoms with Crippen molar-refractivity contribution < 1.29 is 0 Å². The summed E-state index contributed by atoms with van der Waals surface area (Å²) in [4.78, 5) is 3.60. The number of aromatic nitrogens is 1. The molecule has 1 unspecified atom stereocenters. The molecule has 3 rings (SSSR count). The van der Waals surface area contributed by atoms with Crippen LogP contribution in [0, 0.1) is 5.92 Å². The second-order valence-electron chi connectivity index (χ2n) is 6.28. The molecular formula is C20H24ClN. The van der Waals surface area contributed by atoms with E-state index in [1.165, 1.54) is 53.1 Å². The van der Waals surface area contributed by atoms with Crippen LogP contribution in [0.25, 0.3) is 21.8 Å². The Morgan fingerprint density at radius 1 is 1.09 bits per heavy atom. The molecule has 0 aliphatic heterocycles. The third-order valence-electron chi connectivity index (χ3n) is 4.73. The minimum Gasteiger partial charge on any atom is -0.354 e. The fourth-order valence-electron chi connectivity index (χ4n) is 3.38. The van der Waals surface area contributed by atoms with E-state index in [1.807, 2.05) is 6.07 Å². The number of fused-ring (bicyclic) bond motifs is 3. The summed E-state index contributed by atoms with van der Waals surface area (Å²) in [6, 6.07) is 12.7. The highest BCUT2D eigenvalue weighted by atomic mass is 35.5. The zero-order valence-electron chi connectivity index (χ0n) is 13.5. The smallest absolute Gasteiger partial charge is 0.0497 e. The van der Waals surface area contributed by atoms with Crippen molar-refractivity contribution in [1.82, 2.24) is 4.98 Å². The molecule has 0 saturated heterocycles. The van der Waals surface area contributed by atoms with Crippen LogP contribution < -0.4 is 0 Å². The van der Waals surface area contributed by atoms with Gasteiger partial charge in [-0.3, -0.25) is 0 Å². The molecular weight excluding hydrogens is 290 g/mol. The Balaban J connectivity index is 2.01. The van der Waals surface area contributed by atoms with E-state index in [-0.39, 0.29) is 0 Å². The SMILES string of the molecule is CCCCC(CC)Cc1cccc2c1[nH]c1ccc(Cl)cc12. The first-order valence-corrected chi connectivity index (χ1v) is 8.79. The maximum absolute atomic E-state index is 6.17. The molecule has 1 atom stereocenters. The van der Waals surface area contributed by atoms with Crippen molar-refractivity contribution in [2.45, 2.75) is 46.0 Å². The second-order valence-corrected chi connectivity index (χ2v) is 6.71. The Hall–Kier alpha value is -1.47. The number of hydrogen-bond donors (Lipinski definition) is 1. The zero-order chi connectivity index (χ0) is 15.5. The molecule has 0 aliphatic rings. The summed E-state index contributed by atoms with van der Waals surface area (Å²) in [5.74, 6) is 0.778. The number of aromatic amines is 1. The van der Waals surface area contributed by atoms with Crippen molar-refractivity contribution >= 4 is 33.4 Å². The number of hydrogen-bond acceptors (Lipinski definition) is 0. The van der Waals surface area contributed by atoms with Gasteiger partial charge in [-0.2, -0.15) is 0 Å². The van der Waals surface area contributed by atoms with Gasteiger partial charge in [0, 0.05) is 26.8 Å². The molecule has 1 heterocycles. The van der Waals surface area contributed by atoms with Crippen LogP contribution in [0.2, 0.25) is 5.02 Å². The molecule has 0 aliphatic carbocycles. The first-order valence-electron chi connectivity index (χ1n) is 8.41. The van der Waals surface area contributed by atoms with Gasteiger partial charge in [-0.05, 0) is 36.1 Å². The van der Waals surface area contributed by atoms with E-state index in [1.54, 1.807) is 0 Å². The van der Waals surface area contributed by atoms with Crippen LogP contribution in [0.3, 0.4) is 0 Å². The summed E-state index contributed by atoms with van der Waals surface area (Å²) in [6.45, 7) is 4.58. The van der Waals surface area contributed by atoms with Gasteiger partial charge in [0.1, 0.15) is 0 Å². The molecule has 0 spiro atoms. The van der Waals surface area contributed by atoms with Crippen molar-refractivity contribution in [3.63, 3.8) is 0 Å². The van der Waals surface area contributed by atoms with Gasteiger partial charge in [-0.25, -0.2) is 0 Å². The maximum Gasteiger partial charge on any atom is 0.0497 e. The van der Waals surface area contributed by atoms with E-state index in [0.717, 1.165) is 17.4 Å². The highest BCUT2D eigenvalue weighted by Gasteiger charge is 2.12. The number of halogens is 1. The van der Waals surface area contributed by atoms with Gasteiger partial charge in [0.05, 0.1) is 0 Å². The van der Waals surface area contributed by atoms with Crippen LogP contribution in [0.1, 0.15) is 45.1 Å². The van der Waals surface area contributed by atoms with Crippen LogP contribution >= 0.6 is 11.6 Å². The maximum atomic E-state index is 6.17. The molecule has 3 aromatic rings. The summed E-state index contributed by atoms with van der Waals surface area (Å²) in [7, 11) is 0. The largest absolute Gasteiger partial charge is 0.354 e. The number of para-hydroxylation sites is 1. The van der Waals surface area contributed by atoms with Gasteiger partial charge in [0.25, 0.3) is 0 Å². The summed E-state index contributed by atoms with van der Waals surface area (Å²) in [6.07, 6.45) is 6.36. The van der Waals surface area contributed by atoms with Crippen LogP contribution in [-0.4, -0.2) is 4.98 Å². The highest BCUT2D eigenvalue weighted by molar-refractivity contribution is 6.31. The molecule has 2 aromatic carbocycles. The first-order chi connectivity index (χ1) is 10.7. The van der Waals surface area contributed by atoms with Crippen molar-refractivity contribution in [3.05, 3.63) is 47.0 Å². The first kappa shape index (κ1) is 15.4. The molecule has 0 amide bonds. The number of benzene rings is 2. The van der Waals surface area contributed by atoms with Crippen LogP contribution in [-0.2, 0) is 6.42 Å². The van der Waals surface area contributed by atoms with Gasteiger partial charge in [0.15, 0.2) is 0 Å². The average molecular weight is 314 g/mol. The Morgan fingerprint density at radius 2 is 1.95 bits per heavy atom. The fourth-order valence-corrected chi connectivity index (χ4v) is 3.55. The van der Waals surface area contributed by atoms with Crippen LogP contribution in [0.4, 0.5) is 0 Å². The lowest BCUT2D eigenvalue weighted by atomic mass is 9.91. The standard InChI is InChI=1S/C20H24ClN/c1-3-5-7-14(4-2)12-15-8-6-9-17-18-13-16(21)10-11-19(18)22-20(15)17/h6,8-11,13-14,22H,3-5,7,12H2,1-2H3. The Labute approximate surface area is 137 Å². The Bertz CT molecular complexity index is 772. The van der Waals surface area contributed by atoms with Crippen LogP contribution in [0.15, 0.2) is 36.4 Å². The molecule has 0 radical (unpaired) electrons. The van der Waals surface area contributed by atoms with Crippen LogP contribution in [0.5, 0.6) is 0 Å². The summed E-state index contributed by atoms with van der Waals surface area (Å²) >= 11 is 6.17. The summed E-state index contributed by atoms with van der Waals surface area (Å²) in [5, 5.41) is 3.32. The Morgan fingerprint density at radius 3 is 2.73 bits per heavy atom. The van der Waals surface area contributed by atoms with Gasteiger partial charge in [-0.15, -0.1) is 0 Å². The average Bonchev–Trinajstić information content (AvgIpc) is 2.90. The monoisotopic (exact) mass is 313 g/mol. The van der Waals surface area contributed by atoms with Crippen molar-refractivity contribution in [2.75, 3.05) is 0 Å². The number of nitrogens with one attached hydrogen (secondary N) is 1. The lowest BCUT2D eigenvalue weighted by Crippen LogP contribution is -2.03. The van der Waals surface area contributed by atoms with Gasteiger partial charge >= 0.3 is 0 Å². The van der Waals surface area contributed by atoms with E-state index in [4.69, 9.17) is 11.6 Å². The van der Waals surface area contributed by atoms with Gasteiger partial charge in [-0.1, -0.05) is 69.3 Å². The van der Waals surface area contributed by atoms with E-state index in [9.17, 15) is 0 Å². The van der Waals surface area contributed by atoms with E-state index >= 15 is 0 Å². The van der Waals surface area contributed by atoms with Crippen molar-refractivity contribution in [2.24, 2.45) is 5.92 Å². The second kappa shape index (κ2) is 6.75. The van der Waals surface area contributed by atoms with Crippen molar-refractivity contribution in [3.8, 4) is 0 Å². The van der Waals surface area contributed by atoms with Crippen molar-refractivity contribution in [1.29, 1.82) is 0 Å². The third-order valence-corrected chi connectivity index (χ3v) is 4.97. The lowest BCUT2D eigenvalue weighted by molar-refractivity contribution is 0.450. The quantitative estimate of drug-likeness (QED) is 0.519. The van der Waals surface area contributed by atoms with E-state index in [0.29, 0.717) is 0 Å². The number of rotatable bonds is 6. The molecule has 1 nitrogen and oxygen atoms in total. The Kier molecular flexibility index (Phi) is 4.73. The predicted molar refractivity (Wildman–Crippen MR) is 97.8 cm³/mol. The zero-order valence-corrected chi connectivity index (χ0v) is 14.2. The fraction of sp³-hybridized carbons (Fsp3) is 0.400. The minimum atomic E-state index is 0.778. The van der Waals surface area contributed by atoms with Gasteiger partial charge in [0.2, 0.25) is 0 Å².